The zero-order valence-corrected chi connectivity index (χ0v) is 13.7. The van der Waals surface area contributed by atoms with Crippen LogP contribution in [0.1, 0.15) is 35.6 Å². The SMILES string of the molecule is O=C1C[C@]2(CC2c2ccc(C(F)(F)F)nc2)C(=O)N1Cc1ccccc1. The lowest BCUT2D eigenvalue weighted by molar-refractivity contribution is -0.142. The van der Waals surface area contributed by atoms with E-state index in [9.17, 15) is 22.8 Å². The standard InChI is InChI=1S/C19H15F3N2O2/c20-19(21,22)15-7-6-13(10-23-15)14-8-18(14)9-16(25)24(17(18)26)11-12-4-2-1-3-5-12/h1-7,10,14H,8-9,11H2/t14?,18-/m0/s1. The summed E-state index contributed by atoms with van der Waals surface area (Å²) in [7, 11) is 0. The summed E-state index contributed by atoms with van der Waals surface area (Å²) in [5.74, 6) is -0.730. The molecule has 1 aliphatic heterocycles. The van der Waals surface area contributed by atoms with Crippen LogP contribution in [0.25, 0.3) is 0 Å². The van der Waals surface area contributed by atoms with Crippen molar-refractivity contribution in [3.8, 4) is 0 Å². The van der Waals surface area contributed by atoms with Crippen LogP contribution in [-0.2, 0) is 22.3 Å². The quantitative estimate of drug-likeness (QED) is 0.787. The van der Waals surface area contributed by atoms with Crippen LogP contribution in [0.3, 0.4) is 0 Å². The van der Waals surface area contributed by atoms with Crippen LogP contribution in [0.15, 0.2) is 48.7 Å². The van der Waals surface area contributed by atoms with Crippen LogP contribution in [0.4, 0.5) is 13.2 Å². The minimum absolute atomic E-state index is 0.102. The number of imide groups is 1. The van der Waals surface area contributed by atoms with Crippen molar-refractivity contribution in [3.05, 3.63) is 65.5 Å². The van der Waals surface area contributed by atoms with Gasteiger partial charge in [-0.15, -0.1) is 0 Å². The molecular formula is C19H15F3N2O2. The Hall–Kier alpha value is -2.70. The minimum atomic E-state index is -4.49. The molecule has 2 aliphatic rings. The second-order valence-corrected chi connectivity index (χ2v) is 6.83. The summed E-state index contributed by atoms with van der Waals surface area (Å²) in [4.78, 5) is 29.9. The molecule has 134 valence electrons. The average Bonchev–Trinajstić information content (AvgIpc) is 3.29. The fraction of sp³-hybridized carbons (Fsp3) is 0.316. The molecule has 1 unspecified atom stereocenters. The first-order valence-electron chi connectivity index (χ1n) is 8.23. The van der Waals surface area contributed by atoms with Crippen molar-refractivity contribution < 1.29 is 22.8 Å². The second kappa shape index (κ2) is 5.65. The van der Waals surface area contributed by atoms with Gasteiger partial charge >= 0.3 is 6.18 Å². The first-order chi connectivity index (χ1) is 12.3. The summed E-state index contributed by atoms with van der Waals surface area (Å²) in [6, 6.07) is 11.5. The first kappa shape index (κ1) is 16.8. The molecule has 0 radical (unpaired) electrons. The number of hydrogen-bond donors (Lipinski definition) is 0. The highest BCUT2D eigenvalue weighted by molar-refractivity contribution is 6.08. The maximum atomic E-state index is 12.8. The number of pyridine rings is 1. The molecule has 2 amide bonds. The first-order valence-corrected chi connectivity index (χ1v) is 8.23. The molecule has 7 heteroatoms. The zero-order chi connectivity index (χ0) is 18.5. The Bertz CT molecular complexity index is 865. The number of amides is 2. The van der Waals surface area contributed by atoms with Gasteiger partial charge in [-0.1, -0.05) is 36.4 Å². The molecule has 0 N–H and O–H groups in total. The lowest BCUT2D eigenvalue weighted by Crippen LogP contribution is -2.30. The Morgan fingerprint density at radius 2 is 1.85 bits per heavy atom. The van der Waals surface area contributed by atoms with E-state index in [1.807, 2.05) is 30.3 Å². The molecule has 2 aromatic rings. The summed E-state index contributed by atoms with van der Waals surface area (Å²) < 4.78 is 37.9. The third kappa shape index (κ3) is 2.67. The molecule has 1 aromatic carbocycles. The van der Waals surface area contributed by atoms with Crippen molar-refractivity contribution in [2.45, 2.75) is 31.5 Å². The summed E-state index contributed by atoms with van der Waals surface area (Å²) in [6.45, 7) is 0.220. The normalized spacial score (nSPS) is 25.2. The fourth-order valence-corrected chi connectivity index (χ4v) is 3.70. The number of benzene rings is 1. The third-order valence-corrected chi connectivity index (χ3v) is 5.18. The molecule has 4 nitrogen and oxygen atoms in total. The molecule has 0 bridgehead atoms. The Morgan fingerprint density at radius 3 is 2.46 bits per heavy atom. The summed E-state index contributed by atoms with van der Waals surface area (Å²) >= 11 is 0. The van der Waals surface area contributed by atoms with E-state index in [4.69, 9.17) is 0 Å². The van der Waals surface area contributed by atoms with Gasteiger partial charge in [0.2, 0.25) is 11.8 Å². The van der Waals surface area contributed by atoms with Gasteiger partial charge in [-0.3, -0.25) is 19.5 Å². The number of carbonyl (C=O) groups is 2. The highest BCUT2D eigenvalue weighted by Crippen LogP contribution is 2.65. The molecular weight excluding hydrogens is 345 g/mol. The second-order valence-electron chi connectivity index (χ2n) is 6.83. The molecule has 1 saturated heterocycles. The van der Waals surface area contributed by atoms with Crippen LogP contribution in [0.5, 0.6) is 0 Å². The van der Waals surface area contributed by atoms with Gasteiger partial charge in [0.1, 0.15) is 5.69 Å². The van der Waals surface area contributed by atoms with Crippen molar-refractivity contribution in [2.24, 2.45) is 5.41 Å². The van der Waals surface area contributed by atoms with E-state index in [2.05, 4.69) is 4.98 Å². The number of hydrogen-bond acceptors (Lipinski definition) is 3. The highest BCUT2D eigenvalue weighted by atomic mass is 19.4. The van der Waals surface area contributed by atoms with Gasteiger partial charge in [0.05, 0.1) is 12.0 Å². The van der Waals surface area contributed by atoms with Crippen LogP contribution < -0.4 is 0 Å². The molecule has 1 aliphatic carbocycles. The summed E-state index contributed by atoms with van der Waals surface area (Å²) in [5, 5.41) is 0. The van der Waals surface area contributed by atoms with E-state index in [-0.39, 0.29) is 30.7 Å². The van der Waals surface area contributed by atoms with Crippen molar-refractivity contribution in [2.75, 3.05) is 0 Å². The van der Waals surface area contributed by atoms with Crippen molar-refractivity contribution in [1.29, 1.82) is 0 Å². The minimum Gasteiger partial charge on any atom is -0.278 e. The van der Waals surface area contributed by atoms with Gasteiger partial charge in [-0.05, 0) is 23.6 Å². The van der Waals surface area contributed by atoms with Crippen LogP contribution in [-0.4, -0.2) is 21.7 Å². The predicted molar refractivity (Wildman–Crippen MR) is 85.6 cm³/mol. The number of rotatable bonds is 3. The molecule has 26 heavy (non-hydrogen) atoms. The average molecular weight is 360 g/mol. The maximum absolute atomic E-state index is 12.8. The monoisotopic (exact) mass is 360 g/mol. The zero-order valence-electron chi connectivity index (χ0n) is 13.7. The van der Waals surface area contributed by atoms with E-state index in [1.165, 1.54) is 17.2 Å². The Balaban J connectivity index is 1.52. The van der Waals surface area contributed by atoms with Crippen molar-refractivity contribution in [1.82, 2.24) is 9.88 Å². The van der Waals surface area contributed by atoms with E-state index >= 15 is 0 Å². The van der Waals surface area contributed by atoms with Crippen LogP contribution in [0.2, 0.25) is 0 Å². The van der Waals surface area contributed by atoms with Gasteiger partial charge < -0.3 is 0 Å². The topological polar surface area (TPSA) is 50.3 Å². The van der Waals surface area contributed by atoms with Crippen LogP contribution in [0, 0.1) is 5.41 Å². The number of aromatic nitrogens is 1. The predicted octanol–water partition coefficient (Wildman–Crippen LogP) is 3.53. The largest absolute Gasteiger partial charge is 0.433 e. The fourth-order valence-electron chi connectivity index (χ4n) is 3.70. The van der Waals surface area contributed by atoms with Crippen molar-refractivity contribution in [3.63, 3.8) is 0 Å². The van der Waals surface area contributed by atoms with Gasteiger partial charge in [0.15, 0.2) is 0 Å². The maximum Gasteiger partial charge on any atom is 0.433 e. The number of likely N-dealkylation sites (tertiary alicyclic amines) is 1. The Kier molecular flexibility index (Phi) is 3.64. The summed E-state index contributed by atoms with van der Waals surface area (Å²) in [5.41, 5.74) is -0.344. The Morgan fingerprint density at radius 1 is 1.12 bits per heavy atom. The number of carbonyl (C=O) groups excluding carboxylic acids is 2. The van der Waals surface area contributed by atoms with Crippen LogP contribution >= 0.6 is 0 Å². The van der Waals surface area contributed by atoms with Gasteiger partial charge in [-0.2, -0.15) is 13.2 Å². The summed E-state index contributed by atoms with van der Waals surface area (Å²) in [6.07, 6.45) is -2.76. The highest BCUT2D eigenvalue weighted by Gasteiger charge is 2.67. The lowest BCUT2D eigenvalue weighted by Gasteiger charge is -2.15. The van der Waals surface area contributed by atoms with Gasteiger partial charge in [0, 0.05) is 18.5 Å². The number of halogens is 3. The number of nitrogens with zero attached hydrogens (tertiary/aromatic N) is 2. The van der Waals surface area contributed by atoms with E-state index in [0.717, 1.165) is 11.6 Å². The Labute approximate surface area is 147 Å². The molecule has 2 heterocycles. The lowest BCUT2D eigenvalue weighted by atomic mass is 9.98. The van der Waals surface area contributed by atoms with Crippen molar-refractivity contribution >= 4 is 11.8 Å². The third-order valence-electron chi connectivity index (χ3n) is 5.18. The molecule has 2 atom stereocenters. The van der Waals surface area contributed by atoms with E-state index in [1.54, 1.807) is 0 Å². The van der Waals surface area contributed by atoms with E-state index in [0.29, 0.717) is 12.0 Å². The van der Waals surface area contributed by atoms with E-state index < -0.39 is 17.3 Å². The molecule has 1 aromatic heterocycles. The molecule has 2 fully saturated rings. The molecule has 1 spiro atoms. The number of alkyl halides is 3. The molecule has 1 saturated carbocycles. The van der Waals surface area contributed by atoms with Gasteiger partial charge in [-0.25, -0.2) is 0 Å². The molecule has 4 rings (SSSR count). The smallest absolute Gasteiger partial charge is 0.278 e. The van der Waals surface area contributed by atoms with Gasteiger partial charge in [0.25, 0.3) is 0 Å².